The summed E-state index contributed by atoms with van der Waals surface area (Å²) in [7, 11) is 3.28. The van der Waals surface area contributed by atoms with E-state index in [0.717, 1.165) is 5.56 Å². The summed E-state index contributed by atoms with van der Waals surface area (Å²) in [5.74, 6) is 0.549. The zero-order valence-corrected chi connectivity index (χ0v) is 13.3. The number of pyridine rings is 2. The first-order valence-corrected chi connectivity index (χ1v) is 7.15. The third-order valence-corrected chi connectivity index (χ3v) is 3.39. The molecular weight excluding hydrogens is 306 g/mol. The van der Waals surface area contributed by atoms with Crippen LogP contribution in [0.2, 0.25) is 5.02 Å². The largest absolute Gasteiger partial charge is 0.475 e. The minimum atomic E-state index is -0.230. The summed E-state index contributed by atoms with van der Waals surface area (Å²) in [5, 5.41) is 3.30. The Hall–Kier alpha value is -2.05. The molecule has 0 saturated heterocycles. The molecule has 7 heteroatoms. The van der Waals surface area contributed by atoms with Gasteiger partial charge in [0.15, 0.2) is 0 Å². The first-order valence-electron chi connectivity index (χ1n) is 6.77. The number of anilines is 1. The minimum absolute atomic E-state index is 0.178. The third kappa shape index (κ3) is 4.22. The molecule has 0 spiro atoms. The summed E-state index contributed by atoms with van der Waals surface area (Å²) in [4.78, 5) is 15.9. The summed E-state index contributed by atoms with van der Waals surface area (Å²) in [5.41, 5.74) is 1.33. The molecule has 1 N–H and O–H groups in total. The Bertz CT molecular complexity index is 671. The van der Waals surface area contributed by atoms with Crippen molar-refractivity contribution < 1.29 is 9.47 Å². The Morgan fingerprint density at radius 1 is 1.32 bits per heavy atom. The van der Waals surface area contributed by atoms with E-state index >= 15 is 0 Å². The zero-order chi connectivity index (χ0) is 15.9. The van der Waals surface area contributed by atoms with E-state index in [9.17, 15) is 4.79 Å². The van der Waals surface area contributed by atoms with Crippen molar-refractivity contribution in [1.82, 2.24) is 9.55 Å². The average molecular weight is 324 g/mol. The second-order valence-electron chi connectivity index (χ2n) is 4.66. The minimum Gasteiger partial charge on any atom is -0.475 e. The third-order valence-electron chi connectivity index (χ3n) is 3.03. The van der Waals surface area contributed by atoms with Gasteiger partial charge in [-0.1, -0.05) is 17.7 Å². The van der Waals surface area contributed by atoms with Crippen LogP contribution < -0.4 is 15.6 Å². The highest BCUT2D eigenvalue weighted by atomic mass is 35.5. The molecule has 2 rings (SSSR count). The molecule has 0 atom stereocenters. The number of rotatable bonds is 7. The highest BCUT2D eigenvalue weighted by molar-refractivity contribution is 6.33. The van der Waals surface area contributed by atoms with Crippen molar-refractivity contribution in [3.63, 3.8) is 0 Å². The topological polar surface area (TPSA) is 65.4 Å². The molecule has 2 heterocycles. The number of nitrogens with one attached hydrogen (secondary N) is 1. The number of hydrogen-bond acceptors (Lipinski definition) is 5. The lowest BCUT2D eigenvalue weighted by atomic mass is 10.2. The van der Waals surface area contributed by atoms with E-state index in [4.69, 9.17) is 21.1 Å². The van der Waals surface area contributed by atoms with E-state index in [1.807, 2.05) is 6.07 Å². The van der Waals surface area contributed by atoms with Gasteiger partial charge in [-0.05, 0) is 11.6 Å². The van der Waals surface area contributed by atoms with E-state index in [-0.39, 0.29) is 10.6 Å². The van der Waals surface area contributed by atoms with Gasteiger partial charge in [0.05, 0.1) is 12.3 Å². The molecule has 0 aliphatic carbocycles. The maximum Gasteiger partial charge on any atom is 0.271 e. The number of methoxy groups -OCH3 is 1. The monoisotopic (exact) mass is 323 g/mol. The fourth-order valence-corrected chi connectivity index (χ4v) is 2.02. The smallest absolute Gasteiger partial charge is 0.271 e. The number of hydrogen-bond donors (Lipinski definition) is 1. The predicted octanol–water partition coefficient (Wildman–Crippen LogP) is 2.07. The van der Waals surface area contributed by atoms with Crippen LogP contribution in [-0.4, -0.2) is 29.9 Å². The van der Waals surface area contributed by atoms with Crippen molar-refractivity contribution in [3.8, 4) is 5.88 Å². The van der Waals surface area contributed by atoms with Gasteiger partial charge in [-0.3, -0.25) is 4.79 Å². The van der Waals surface area contributed by atoms with Crippen LogP contribution in [0.3, 0.4) is 0 Å². The fourth-order valence-electron chi connectivity index (χ4n) is 1.76. The zero-order valence-electron chi connectivity index (χ0n) is 12.5. The Kier molecular flexibility index (Phi) is 5.80. The molecule has 118 valence electrons. The summed E-state index contributed by atoms with van der Waals surface area (Å²) in [6.45, 7) is 1.49. The molecule has 0 aliphatic heterocycles. The molecular formula is C15H18ClN3O3. The highest BCUT2D eigenvalue weighted by Gasteiger charge is 2.06. The molecule has 0 aliphatic rings. The van der Waals surface area contributed by atoms with E-state index in [0.29, 0.717) is 31.3 Å². The lowest BCUT2D eigenvalue weighted by Gasteiger charge is -2.10. The lowest BCUT2D eigenvalue weighted by molar-refractivity contribution is 0.143. The highest BCUT2D eigenvalue weighted by Crippen LogP contribution is 2.17. The maximum atomic E-state index is 11.7. The lowest BCUT2D eigenvalue weighted by Crippen LogP contribution is -2.17. The molecule has 2 aromatic rings. The summed E-state index contributed by atoms with van der Waals surface area (Å²) in [6, 6.07) is 5.45. The van der Waals surface area contributed by atoms with Crippen LogP contribution in [0.4, 0.5) is 5.69 Å². The van der Waals surface area contributed by atoms with E-state index < -0.39 is 0 Å². The Labute approximate surface area is 133 Å². The molecule has 6 nitrogen and oxygen atoms in total. The SMILES string of the molecule is COCCOc1ccc(CNc2ccn(C)c(=O)c2Cl)cn1. The molecule has 0 aromatic carbocycles. The molecule has 0 saturated carbocycles. The Morgan fingerprint density at radius 2 is 2.14 bits per heavy atom. The van der Waals surface area contributed by atoms with Crippen LogP contribution in [-0.2, 0) is 18.3 Å². The molecule has 2 aromatic heterocycles. The number of aromatic nitrogens is 2. The first kappa shape index (κ1) is 16.3. The van der Waals surface area contributed by atoms with Gasteiger partial charge >= 0.3 is 0 Å². The Morgan fingerprint density at radius 3 is 2.82 bits per heavy atom. The molecule has 0 radical (unpaired) electrons. The summed E-state index contributed by atoms with van der Waals surface area (Å²) >= 11 is 6.02. The van der Waals surface area contributed by atoms with Gasteiger partial charge < -0.3 is 19.4 Å². The van der Waals surface area contributed by atoms with Crippen molar-refractivity contribution in [3.05, 3.63) is 51.5 Å². The van der Waals surface area contributed by atoms with E-state index in [1.165, 1.54) is 4.57 Å². The van der Waals surface area contributed by atoms with Crippen molar-refractivity contribution in [2.75, 3.05) is 25.6 Å². The number of halogens is 1. The average Bonchev–Trinajstić information content (AvgIpc) is 2.53. The molecule has 0 bridgehead atoms. The van der Waals surface area contributed by atoms with Crippen LogP contribution in [0.5, 0.6) is 5.88 Å². The van der Waals surface area contributed by atoms with Gasteiger partial charge in [-0.2, -0.15) is 0 Å². The van der Waals surface area contributed by atoms with Gasteiger partial charge in [0.25, 0.3) is 5.56 Å². The molecule has 0 unspecified atom stereocenters. The van der Waals surface area contributed by atoms with Crippen molar-refractivity contribution in [1.29, 1.82) is 0 Å². The summed E-state index contributed by atoms with van der Waals surface area (Å²) < 4.78 is 11.7. The van der Waals surface area contributed by atoms with Crippen LogP contribution in [0.1, 0.15) is 5.56 Å². The van der Waals surface area contributed by atoms with Crippen molar-refractivity contribution in [2.45, 2.75) is 6.54 Å². The normalized spacial score (nSPS) is 10.5. The summed E-state index contributed by atoms with van der Waals surface area (Å²) in [6.07, 6.45) is 3.38. The fraction of sp³-hybridized carbons (Fsp3) is 0.333. The molecule has 0 fully saturated rings. The van der Waals surface area contributed by atoms with Crippen LogP contribution in [0.15, 0.2) is 35.4 Å². The van der Waals surface area contributed by atoms with Gasteiger partial charge in [0.2, 0.25) is 5.88 Å². The standard InChI is InChI=1S/C15H18ClN3O3/c1-19-6-5-12(14(16)15(19)20)17-9-11-3-4-13(18-10-11)22-8-7-21-2/h3-6,10,17H,7-9H2,1-2H3. The predicted molar refractivity (Wildman–Crippen MR) is 85.6 cm³/mol. The van der Waals surface area contributed by atoms with Gasteiger partial charge in [-0.25, -0.2) is 4.98 Å². The van der Waals surface area contributed by atoms with Crippen LogP contribution in [0.25, 0.3) is 0 Å². The van der Waals surface area contributed by atoms with Crippen molar-refractivity contribution >= 4 is 17.3 Å². The van der Waals surface area contributed by atoms with Gasteiger partial charge in [0, 0.05) is 39.2 Å². The number of aryl methyl sites for hydroxylation is 1. The van der Waals surface area contributed by atoms with Crippen LogP contribution in [0, 0.1) is 0 Å². The number of nitrogens with zero attached hydrogens (tertiary/aromatic N) is 2. The number of ether oxygens (including phenoxy) is 2. The second kappa shape index (κ2) is 7.82. The molecule has 22 heavy (non-hydrogen) atoms. The van der Waals surface area contributed by atoms with Crippen molar-refractivity contribution in [2.24, 2.45) is 7.05 Å². The van der Waals surface area contributed by atoms with Crippen LogP contribution >= 0.6 is 11.6 Å². The Balaban J connectivity index is 1.94. The second-order valence-corrected chi connectivity index (χ2v) is 5.04. The van der Waals surface area contributed by atoms with Gasteiger partial charge in [-0.15, -0.1) is 0 Å². The first-order chi connectivity index (χ1) is 10.6. The quantitative estimate of drug-likeness (QED) is 0.790. The van der Waals surface area contributed by atoms with Gasteiger partial charge in [0.1, 0.15) is 11.6 Å². The maximum absolute atomic E-state index is 11.7. The van der Waals surface area contributed by atoms with E-state index in [1.54, 1.807) is 38.7 Å². The molecule has 0 amide bonds. The van der Waals surface area contributed by atoms with E-state index in [2.05, 4.69) is 10.3 Å².